The first-order chi connectivity index (χ1) is 10.9. The fourth-order valence-electron chi connectivity index (χ4n) is 4.92. The number of hydrogen-bond acceptors (Lipinski definition) is 1. The molecule has 122 valence electrons. The van der Waals surface area contributed by atoms with Gasteiger partial charge in [0.05, 0.1) is 11.4 Å². The van der Waals surface area contributed by atoms with Gasteiger partial charge in [-0.15, -0.1) is 0 Å². The summed E-state index contributed by atoms with van der Waals surface area (Å²) in [6.07, 6.45) is 5.07. The first-order valence-electron chi connectivity index (χ1n) is 8.38. The van der Waals surface area contributed by atoms with Gasteiger partial charge in [0.15, 0.2) is 0 Å². The molecule has 0 saturated carbocycles. The molecule has 3 heterocycles. The third-order valence-corrected chi connectivity index (χ3v) is 5.85. The number of aryl methyl sites for hydroxylation is 2. The summed E-state index contributed by atoms with van der Waals surface area (Å²) in [7, 11) is 0. The normalized spacial score (nSPS) is 18.7. The Morgan fingerprint density at radius 2 is 1.46 bits per heavy atom. The van der Waals surface area contributed by atoms with E-state index in [1.165, 1.54) is 64.5 Å². The standard InChI is InChI=1S/C21H17N.CH4.Ar/c1-3-13-7-8-15-10-12-16-11-9-14-4-2-6-18-17(5-1)19(13)21(15)22(16)20(14)18;;/h1-8,16H,9-12H2;1H4;. The van der Waals surface area contributed by atoms with E-state index in [2.05, 4.69) is 53.4 Å². The molecule has 0 fully saturated rings. The van der Waals surface area contributed by atoms with Gasteiger partial charge in [0, 0.05) is 54.7 Å². The molecule has 0 saturated heterocycles. The first-order valence-corrected chi connectivity index (χ1v) is 8.38. The van der Waals surface area contributed by atoms with Crippen LogP contribution in [0, 0.1) is 37.7 Å². The van der Waals surface area contributed by atoms with E-state index in [0.29, 0.717) is 6.04 Å². The van der Waals surface area contributed by atoms with Crippen LogP contribution in [0.15, 0.2) is 48.5 Å². The molecule has 3 aromatic carbocycles. The Balaban J connectivity index is 0.000000729. The van der Waals surface area contributed by atoms with Crippen molar-refractivity contribution in [2.45, 2.75) is 39.2 Å². The van der Waals surface area contributed by atoms with E-state index in [1.807, 2.05) is 0 Å². The molecule has 24 heavy (non-hydrogen) atoms. The molecule has 0 radical (unpaired) electrons. The van der Waals surface area contributed by atoms with Gasteiger partial charge in [0.2, 0.25) is 0 Å². The van der Waals surface area contributed by atoms with E-state index in [4.69, 9.17) is 0 Å². The summed E-state index contributed by atoms with van der Waals surface area (Å²) >= 11 is 0. The molecule has 0 N–H and O–H groups in total. The Kier molecular flexibility index (Phi) is 3.95. The Morgan fingerprint density at radius 1 is 0.750 bits per heavy atom. The van der Waals surface area contributed by atoms with E-state index >= 15 is 0 Å². The number of anilines is 2. The molecule has 0 spiro atoms. The summed E-state index contributed by atoms with van der Waals surface area (Å²) < 4.78 is 0. The molecular weight excluding hydrogens is 318 g/mol. The van der Waals surface area contributed by atoms with Crippen molar-refractivity contribution < 1.29 is 37.7 Å². The quantitative estimate of drug-likeness (QED) is 0.496. The van der Waals surface area contributed by atoms with Crippen molar-refractivity contribution in [3.63, 3.8) is 0 Å². The summed E-state index contributed by atoms with van der Waals surface area (Å²) in [4.78, 5) is 2.70. The largest absolute Gasteiger partial charge is 0.337 e. The van der Waals surface area contributed by atoms with Crippen LogP contribution in [-0.2, 0) is 12.8 Å². The van der Waals surface area contributed by atoms with Gasteiger partial charge >= 0.3 is 0 Å². The van der Waals surface area contributed by atoms with Gasteiger partial charge in [-0.2, -0.15) is 0 Å². The number of hydrogen-bond donors (Lipinski definition) is 0. The first kappa shape index (κ1) is 16.4. The maximum atomic E-state index is 2.70. The average Bonchev–Trinajstić information content (AvgIpc) is 2.59. The van der Waals surface area contributed by atoms with E-state index in [1.54, 1.807) is 5.56 Å². The molecule has 3 aliphatic heterocycles. The number of benzene rings is 3. The van der Waals surface area contributed by atoms with Crippen molar-refractivity contribution in [3.8, 4) is 11.1 Å². The van der Waals surface area contributed by atoms with Gasteiger partial charge in [0.25, 0.3) is 0 Å². The summed E-state index contributed by atoms with van der Waals surface area (Å²) in [6.45, 7) is 0. The molecule has 1 atom stereocenters. The maximum Gasteiger partial charge on any atom is 0.0532 e. The maximum absolute atomic E-state index is 2.70. The van der Waals surface area contributed by atoms with Crippen LogP contribution in [-0.4, -0.2) is 6.04 Å². The molecule has 0 bridgehead atoms. The summed E-state index contributed by atoms with van der Waals surface area (Å²) in [6, 6.07) is 19.1. The second-order valence-corrected chi connectivity index (χ2v) is 6.89. The minimum atomic E-state index is 0. The van der Waals surface area contributed by atoms with Crippen molar-refractivity contribution in [1.29, 1.82) is 0 Å². The smallest absolute Gasteiger partial charge is 0.0532 e. The molecular formula is C22H21ArN. The van der Waals surface area contributed by atoms with Crippen LogP contribution in [0.3, 0.4) is 0 Å². The van der Waals surface area contributed by atoms with Gasteiger partial charge in [0.1, 0.15) is 0 Å². The second-order valence-electron chi connectivity index (χ2n) is 6.89. The Hall–Kier alpha value is -1.02. The molecule has 3 aliphatic rings. The SMILES string of the molecule is C.[Ar].c1cc2c3c(c1)-c1cccc4ccc5c(c14)N3C(CC2)CC5. The van der Waals surface area contributed by atoms with E-state index in [-0.39, 0.29) is 45.2 Å². The van der Waals surface area contributed by atoms with Crippen LogP contribution in [0.2, 0.25) is 0 Å². The zero-order valence-electron chi connectivity index (χ0n) is 12.8. The van der Waals surface area contributed by atoms with Crippen molar-refractivity contribution in [2.75, 3.05) is 4.90 Å². The van der Waals surface area contributed by atoms with Gasteiger partial charge < -0.3 is 4.90 Å². The zero-order valence-corrected chi connectivity index (χ0v) is 13.5. The van der Waals surface area contributed by atoms with Crippen LogP contribution in [0.1, 0.15) is 31.4 Å². The van der Waals surface area contributed by atoms with Crippen LogP contribution in [0.25, 0.3) is 21.9 Å². The molecule has 3 aromatic rings. The molecule has 0 aliphatic carbocycles. The van der Waals surface area contributed by atoms with Crippen LogP contribution < -0.4 is 4.90 Å². The molecule has 2 heteroatoms. The Labute approximate surface area is 173 Å². The fourth-order valence-corrected chi connectivity index (χ4v) is 4.92. The Morgan fingerprint density at radius 3 is 2.29 bits per heavy atom. The third kappa shape index (κ3) is 1.92. The second kappa shape index (κ2) is 5.76. The monoisotopic (exact) mass is 339 g/mol. The van der Waals surface area contributed by atoms with Crippen LogP contribution in [0.4, 0.5) is 11.4 Å². The summed E-state index contributed by atoms with van der Waals surface area (Å²) in [5.74, 6) is 0. The average molecular weight is 339 g/mol. The van der Waals surface area contributed by atoms with Gasteiger partial charge in [-0.25, -0.2) is 0 Å². The molecule has 0 amide bonds. The molecule has 0 aromatic heterocycles. The number of nitrogens with zero attached hydrogens (tertiary/aromatic N) is 1. The van der Waals surface area contributed by atoms with Crippen molar-refractivity contribution in [1.82, 2.24) is 0 Å². The Bertz CT molecular complexity index is 960. The van der Waals surface area contributed by atoms with E-state index < -0.39 is 0 Å². The van der Waals surface area contributed by atoms with Crippen LogP contribution in [0.5, 0.6) is 0 Å². The molecule has 1 nitrogen and oxygen atoms in total. The predicted molar refractivity (Wildman–Crippen MR) is 98.7 cm³/mol. The third-order valence-electron chi connectivity index (χ3n) is 5.85. The topological polar surface area (TPSA) is 3.24 Å². The number of para-hydroxylation sites is 1. The van der Waals surface area contributed by atoms with Crippen LogP contribution >= 0.6 is 0 Å². The number of rotatable bonds is 0. The zero-order chi connectivity index (χ0) is 14.3. The van der Waals surface area contributed by atoms with Gasteiger partial charge in [-0.3, -0.25) is 0 Å². The van der Waals surface area contributed by atoms with Crippen molar-refractivity contribution >= 4 is 22.1 Å². The van der Waals surface area contributed by atoms with Gasteiger partial charge in [-0.1, -0.05) is 56.0 Å². The summed E-state index contributed by atoms with van der Waals surface area (Å²) in [5.41, 5.74) is 8.98. The fraction of sp³-hybridized carbons (Fsp3) is 0.273. The molecule has 1 unspecified atom stereocenters. The van der Waals surface area contributed by atoms with E-state index in [9.17, 15) is 0 Å². The summed E-state index contributed by atoms with van der Waals surface area (Å²) in [5, 5.41) is 2.87. The van der Waals surface area contributed by atoms with Crippen molar-refractivity contribution in [2.24, 2.45) is 0 Å². The van der Waals surface area contributed by atoms with Crippen molar-refractivity contribution in [3.05, 3.63) is 59.7 Å². The minimum Gasteiger partial charge on any atom is -0.337 e. The predicted octanol–water partition coefficient (Wildman–Crippen LogP) is 5.86. The minimum absolute atomic E-state index is 0. The number of fused-ring (bicyclic) bond motifs is 1. The molecule has 6 rings (SSSR count). The van der Waals surface area contributed by atoms with E-state index in [0.717, 1.165) is 0 Å². The van der Waals surface area contributed by atoms with Gasteiger partial charge in [-0.05, 0) is 47.8 Å².